The van der Waals surface area contributed by atoms with E-state index in [2.05, 4.69) is 6.58 Å². The van der Waals surface area contributed by atoms with Crippen molar-refractivity contribution >= 4 is 23.9 Å². The molecule has 10 heteroatoms. The minimum Gasteiger partial charge on any atom is -0.461 e. The van der Waals surface area contributed by atoms with Crippen molar-refractivity contribution in [1.29, 1.82) is 0 Å². The largest absolute Gasteiger partial charge is 0.461 e. The lowest BCUT2D eigenvalue weighted by molar-refractivity contribution is -0.151. The summed E-state index contributed by atoms with van der Waals surface area (Å²) in [7, 11) is 0. The number of aliphatic hydroxyl groups excluding tert-OH is 1. The summed E-state index contributed by atoms with van der Waals surface area (Å²) >= 11 is 0. The van der Waals surface area contributed by atoms with Crippen molar-refractivity contribution in [1.82, 2.24) is 0 Å². The van der Waals surface area contributed by atoms with Gasteiger partial charge in [0.25, 0.3) is 0 Å². The second-order valence-electron chi connectivity index (χ2n) is 9.82. The van der Waals surface area contributed by atoms with Gasteiger partial charge in [0.2, 0.25) is 0 Å². The summed E-state index contributed by atoms with van der Waals surface area (Å²) in [4.78, 5) is 49.6. The van der Waals surface area contributed by atoms with Crippen LogP contribution in [0.3, 0.4) is 0 Å². The molecule has 0 aromatic carbocycles. The average Bonchev–Trinajstić information content (AvgIpc) is 3.47. The molecule has 2 heterocycles. The summed E-state index contributed by atoms with van der Waals surface area (Å²) in [6.07, 6.45) is 2.84. The fourth-order valence-corrected chi connectivity index (χ4v) is 5.75. The molecule has 0 aromatic heterocycles. The first-order valence-corrected chi connectivity index (χ1v) is 12.3. The number of carbonyl (C=O) groups excluding carboxylic acids is 4. The van der Waals surface area contributed by atoms with Crippen LogP contribution >= 0.6 is 0 Å². The molecule has 1 saturated carbocycles. The molecule has 4 rings (SSSR count). The van der Waals surface area contributed by atoms with Crippen LogP contribution in [0, 0.1) is 17.8 Å². The summed E-state index contributed by atoms with van der Waals surface area (Å²) in [5, 5.41) is 9.49. The molecular weight excluding hydrogens is 484 g/mol. The predicted octanol–water partition coefficient (Wildman–Crippen LogP) is 1.72. The summed E-state index contributed by atoms with van der Waals surface area (Å²) < 4.78 is 28.4. The van der Waals surface area contributed by atoms with Crippen LogP contribution in [0.25, 0.3) is 0 Å². The highest BCUT2D eigenvalue weighted by molar-refractivity contribution is 5.92. The van der Waals surface area contributed by atoms with Gasteiger partial charge in [-0.3, -0.25) is 4.79 Å². The zero-order chi connectivity index (χ0) is 27.1. The highest BCUT2D eigenvalue weighted by Crippen LogP contribution is 2.58. The lowest BCUT2D eigenvalue weighted by Crippen LogP contribution is -2.41. The lowest BCUT2D eigenvalue weighted by Gasteiger charge is -2.31. The molecular formula is C27H32O10. The number of hydrogen-bond donors (Lipinski definition) is 1. The maximum absolute atomic E-state index is 13.0. The molecule has 2 aliphatic carbocycles. The van der Waals surface area contributed by atoms with Crippen LogP contribution in [0.5, 0.6) is 0 Å². The molecule has 0 bridgehead atoms. The van der Waals surface area contributed by atoms with E-state index in [0.717, 1.165) is 5.57 Å². The van der Waals surface area contributed by atoms with Gasteiger partial charge in [-0.2, -0.15) is 0 Å². The van der Waals surface area contributed by atoms with Gasteiger partial charge < -0.3 is 28.8 Å². The van der Waals surface area contributed by atoms with Crippen LogP contribution in [-0.2, 0) is 42.9 Å². The highest BCUT2D eigenvalue weighted by Gasteiger charge is 2.68. The van der Waals surface area contributed by atoms with Crippen LogP contribution in [0.1, 0.15) is 34.1 Å². The third kappa shape index (κ3) is 4.87. The maximum Gasteiger partial charge on any atom is 0.337 e. The Morgan fingerprint density at radius 3 is 2.38 bits per heavy atom. The number of ether oxygens (including phenoxy) is 5. The topological polar surface area (TPSA) is 138 Å². The number of aliphatic hydroxyl groups is 1. The molecule has 3 fully saturated rings. The fourth-order valence-electron chi connectivity index (χ4n) is 5.75. The highest BCUT2D eigenvalue weighted by atomic mass is 16.6. The number of fused-ring (bicyclic) bond motifs is 4. The standard InChI is InChI=1S/C27H32O10/c1-6-16(10-28)25(31)35-18-8-13(3)20-22(18)27(12-34-27)9-19(21-14(4)24(30)37-23(20)21)36-26(32)17(7-2)11-33-15(5)29/h6-8,18-23,28H,4,9-12H2,1-3,5H3/b16-6-,17-7+/t18-,19-,20-,21+,22+,23+,27-/m0/s1. The number of allylic oxidation sites excluding steroid dienone is 2. The quantitative estimate of drug-likeness (QED) is 0.175. The molecule has 0 unspecified atom stereocenters. The molecule has 0 radical (unpaired) electrons. The third-order valence-electron chi connectivity index (χ3n) is 7.70. The Balaban J connectivity index is 1.65. The number of carbonyl (C=O) groups is 4. The molecule has 7 atom stereocenters. The minimum atomic E-state index is -0.815. The van der Waals surface area contributed by atoms with Crippen molar-refractivity contribution in [3.8, 4) is 0 Å². The summed E-state index contributed by atoms with van der Waals surface area (Å²) in [6.45, 7) is 9.96. The van der Waals surface area contributed by atoms with Crippen molar-refractivity contribution in [2.24, 2.45) is 17.8 Å². The van der Waals surface area contributed by atoms with Crippen LogP contribution in [0.4, 0.5) is 0 Å². The Kier molecular flexibility index (Phi) is 7.43. The first-order chi connectivity index (χ1) is 17.6. The van der Waals surface area contributed by atoms with E-state index in [9.17, 15) is 24.3 Å². The molecule has 1 spiro atoms. The number of hydrogen-bond acceptors (Lipinski definition) is 10. The Morgan fingerprint density at radius 2 is 1.81 bits per heavy atom. The third-order valence-corrected chi connectivity index (χ3v) is 7.70. The van der Waals surface area contributed by atoms with E-state index in [0.29, 0.717) is 6.61 Å². The molecule has 200 valence electrons. The van der Waals surface area contributed by atoms with Crippen LogP contribution in [-0.4, -0.2) is 72.7 Å². The Bertz CT molecular complexity index is 1110. The molecule has 10 nitrogen and oxygen atoms in total. The summed E-state index contributed by atoms with van der Waals surface area (Å²) in [5.41, 5.74) is 0.560. The number of epoxide rings is 1. The zero-order valence-electron chi connectivity index (χ0n) is 21.4. The number of rotatable bonds is 7. The van der Waals surface area contributed by atoms with Gasteiger partial charge in [0.15, 0.2) is 0 Å². The lowest BCUT2D eigenvalue weighted by atomic mass is 9.77. The van der Waals surface area contributed by atoms with Gasteiger partial charge in [-0.1, -0.05) is 24.3 Å². The molecule has 0 aromatic rings. The van der Waals surface area contributed by atoms with Crippen LogP contribution in [0.15, 0.2) is 47.1 Å². The maximum atomic E-state index is 13.0. The molecule has 2 aliphatic heterocycles. The van der Waals surface area contributed by atoms with Gasteiger partial charge >= 0.3 is 23.9 Å². The zero-order valence-corrected chi connectivity index (χ0v) is 21.4. The smallest absolute Gasteiger partial charge is 0.337 e. The van der Waals surface area contributed by atoms with E-state index in [-0.39, 0.29) is 35.7 Å². The van der Waals surface area contributed by atoms with Crippen molar-refractivity contribution < 1.29 is 48.0 Å². The van der Waals surface area contributed by atoms with Gasteiger partial charge in [-0.15, -0.1) is 0 Å². The molecule has 1 N–H and O–H groups in total. The van der Waals surface area contributed by atoms with Crippen LogP contribution < -0.4 is 0 Å². The van der Waals surface area contributed by atoms with Gasteiger partial charge in [0.1, 0.15) is 30.5 Å². The fraction of sp³-hybridized carbons (Fsp3) is 0.556. The second kappa shape index (κ2) is 10.3. The van der Waals surface area contributed by atoms with E-state index in [1.165, 1.54) is 19.1 Å². The Labute approximate surface area is 214 Å². The molecule has 37 heavy (non-hydrogen) atoms. The molecule has 4 aliphatic rings. The van der Waals surface area contributed by atoms with Crippen molar-refractivity contribution in [2.75, 3.05) is 19.8 Å². The summed E-state index contributed by atoms with van der Waals surface area (Å²) in [6, 6.07) is 0. The van der Waals surface area contributed by atoms with Gasteiger partial charge in [-0.05, 0) is 26.8 Å². The van der Waals surface area contributed by atoms with E-state index in [1.54, 1.807) is 13.8 Å². The van der Waals surface area contributed by atoms with Crippen molar-refractivity contribution in [3.05, 3.63) is 47.1 Å². The Morgan fingerprint density at radius 1 is 1.16 bits per heavy atom. The van der Waals surface area contributed by atoms with E-state index in [1.807, 2.05) is 13.0 Å². The minimum absolute atomic E-state index is 0.130. The van der Waals surface area contributed by atoms with Crippen LogP contribution in [0.2, 0.25) is 0 Å². The first kappa shape index (κ1) is 26.8. The van der Waals surface area contributed by atoms with E-state index >= 15 is 0 Å². The number of esters is 4. The SMILES string of the molecule is C=C1C(=O)O[C@@H]2[C@H]3C(C)=C[C@H](OC(=O)/C(=C\C)CO)[C@H]3[C@@]3(CO3)C[C@H](OC(=O)/C(=C/C)COC(C)=O)[C@@H]12. The van der Waals surface area contributed by atoms with E-state index in [4.69, 9.17) is 23.7 Å². The molecule has 2 saturated heterocycles. The van der Waals surface area contributed by atoms with Gasteiger partial charge in [0, 0.05) is 30.8 Å². The first-order valence-electron chi connectivity index (χ1n) is 12.3. The molecule has 0 amide bonds. The monoisotopic (exact) mass is 516 g/mol. The van der Waals surface area contributed by atoms with Crippen molar-refractivity contribution in [3.63, 3.8) is 0 Å². The summed E-state index contributed by atoms with van der Waals surface area (Å²) in [5.74, 6) is -3.83. The average molecular weight is 517 g/mol. The normalized spacial score (nSPS) is 34.7. The van der Waals surface area contributed by atoms with Crippen molar-refractivity contribution in [2.45, 2.75) is 58.0 Å². The second-order valence-corrected chi connectivity index (χ2v) is 9.82. The predicted molar refractivity (Wildman–Crippen MR) is 128 cm³/mol. The Hall–Kier alpha value is -3.24. The van der Waals surface area contributed by atoms with E-state index < -0.39 is 66.2 Å². The van der Waals surface area contributed by atoms with Gasteiger partial charge in [-0.25, -0.2) is 14.4 Å². The van der Waals surface area contributed by atoms with Gasteiger partial charge in [0.05, 0.1) is 30.3 Å².